The summed E-state index contributed by atoms with van der Waals surface area (Å²) in [4.78, 5) is 19.5. The zero-order valence-corrected chi connectivity index (χ0v) is 8.93. The van der Waals surface area contributed by atoms with Crippen molar-refractivity contribution in [3.8, 4) is 0 Å². The minimum absolute atomic E-state index is 0.157. The summed E-state index contributed by atoms with van der Waals surface area (Å²) < 4.78 is 0. The summed E-state index contributed by atoms with van der Waals surface area (Å²) in [6.45, 7) is 4.06. The van der Waals surface area contributed by atoms with Gasteiger partial charge in [0, 0.05) is 19.0 Å². The van der Waals surface area contributed by atoms with E-state index in [0.29, 0.717) is 12.8 Å². The SMILES string of the molecule is CC1(C)CC(=O)Cc2nc(Cl)ncc21. The van der Waals surface area contributed by atoms with Gasteiger partial charge in [-0.2, -0.15) is 0 Å². The van der Waals surface area contributed by atoms with Crippen LogP contribution in [0.25, 0.3) is 0 Å². The third kappa shape index (κ3) is 1.52. The second-order valence-corrected chi connectivity index (χ2v) is 4.61. The van der Waals surface area contributed by atoms with Gasteiger partial charge in [-0.1, -0.05) is 13.8 Å². The Morgan fingerprint density at radius 3 is 2.93 bits per heavy atom. The molecule has 0 saturated carbocycles. The molecule has 1 aliphatic carbocycles. The van der Waals surface area contributed by atoms with E-state index in [1.165, 1.54) is 0 Å². The maximum atomic E-state index is 11.4. The van der Waals surface area contributed by atoms with E-state index in [4.69, 9.17) is 11.6 Å². The first kappa shape index (κ1) is 9.59. The quantitative estimate of drug-likeness (QED) is 0.615. The number of Topliss-reactive ketones (excluding diaryl/α,β-unsaturated/α-hetero) is 1. The van der Waals surface area contributed by atoms with Gasteiger partial charge in [0.05, 0.1) is 5.69 Å². The Labute approximate surface area is 87.5 Å². The van der Waals surface area contributed by atoms with Crippen LogP contribution in [0.1, 0.15) is 31.5 Å². The molecule has 14 heavy (non-hydrogen) atoms. The summed E-state index contributed by atoms with van der Waals surface area (Å²) in [7, 11) is 0. The molecule has 0 spiro atoms. The van der Waals surface area contributed by atoms with Crippen molar-refractivity contribution in [2.45, 2.75) is 32.1 Å². The molecule has 3 nitrogen and oxygen atoms in total. The number of rotatable bonds is 0. The molecular formula is C10H11ClN2O. The maximum absolute atomic E-state index is 11.4. The molecule has 1 heterocycles. The van der Waals surface area contributed by atoms with Crippen LogP contribution in [0.3, 0.4) is 0 Å². The van der Waals surface area contributed by atoms with Crippen LogP contribution in [-0.2, 0) is 16.6 Å². The fourth-order valence-electron chi connectivity index (χ4n) is 1.93. The Hall–Kier alpha value is -0.960. The Kier molecular flexibility index (Phi) is 2.07. The van der Waals surface area contributed by atoms with E-state index in [9.17, 15) is 4.79 Å². The molecule has 1 aliphatic rings. The normalized spacial score (nSPS) is 19.2. The van der Waals surface area contributed by atoms with Gasteiger partial charge in [0.1, 0.15) is 5.78 Å². The van der Waals surface area contributed by atoms with E-state index >= 15 is 0 Å². The van der Waals surface area contributed by atoms with Crippen LogP contribution in [0, 0.1) is 0 Å². The van der Waals surface area contributed by atoms with Crippen molar-refractivity contribution < 1.29 is 4.79 Å². The summed E-state index contributed by atoms with van der Waals surface area (Å²) >= 11 is 5.68. The van der Waals surface area contributed by atoms with Gasteiger partial charge in [-0.3, -0.25) is 4.79 Å². The number of hydrogen-bond donors (Lipinski definition) is 0. The van der Waals surface area contributed by atoms with Gasteiger partial charge in [-0.25, -0.2) is 9.97 Å². The molecule has 0 amide bonds. The molecule has 0 aliphatic heterocycles. The highest BCUT2D eigenvalue weighted by Crippen LogP contribution is 2.33. The van der Waals surface area contributed by atoms with Crippen LogP contribution in [0.2, 0.25) is 5.28 Å². The van der Waals surface area contributed by atoms with Crippen LogP contribution < -0.4 is 0 Å². The highest BCUT2D eigenvalue weighted by Gasteiger charge is 2.33. The molecule has 0 bridgehead atoms. The van der Waals surface area contributed by atoms with Crippen molar-refractivity contribution in [2.24, 2.45) is 0 Å². The Morgan fingerprint density at radius 1 is 1.50 bits per heavy atom. The summed E-state index contributed by atoms with van der Waals surface area (Å²) in [6, 6.07) is 0. The van der Waals surface area contributed by atoms with Crippen molar-refractivity contribution >= 4 is 17.4 Å². The second kappa shape index (κ2) is 3.02. The fourth-order valence-corrected chi connectivity index (χ4v) is 2.08. The molecule has 4 heteroatoms. The third-order valence-corrected chi connectivity index (χ3v) is 2.75. The molecule has 1 aromatic heterocycles. The Bertz CT molecular complexity index is 401. The molecule has 0 aromatic carbocycles. The third-order valence-electron chi connectivity index (χ3n) is 2.57. The number of carbonyl (C=O) groups is 1. The summed E-state index contributed by atoms with van der Waals surface area (Å²) in [5, 5.41) is 0.217. The monoisotopic (exact) mass is 210 g/mol. The van der Waals surface area contributed by atoms with Crippen molar-refractivity contribution in [1.29, 1.82) is 0 Å². The average molecular weight is 211 g/mol. The van der Waals surface area contributed by atoms with Gasteiger partial charge < -0.3 is 0 Å². The molecule has 2 rings (SSSR count). The van der Waals surface area contributed by atoms with E-state index in [2.05, 4.69) is 9.97 Å². The lowest BCUT2D eigenvalue weighted by Crippen LogP contribution is -2.30. The van der Waals surface area contributed by atoms with Gasteiger partial charge in [0.25, 0.3) is 0 Å². The van der Waals surface area contributed by atoms with Crippen LogP contribution in [-0.4, -0.2) is 15.8 Å². The lowest BCUT2D eigenvalue weighted by molar-refractivity contribution is -0.120. The lowest BCUT2D eigenvalue weighted by atomic mass is 9.75. The molecule has 0 atom stereocenters. The molecule has 0 N–H and O–H groups in total. The van der Waals surface area contributed by atoms with Gasteiger partial charge in [0.2, 0.25) is 5.28 Å². The predicted molar refractivity (Wildman–Crippen MR) is 53.4 cm³/mol. The smallest absolute Gasteiger partial charge is 0.222 e. The highest BCUT2D eigenvalue weighted by atomic mass is 35.5. The number of ketones is 1. The van der Waals surface area contributed by atoms with Gasteiger partial charge >= 0.3 is 0 Å². The number of carbonyl (C=O) groups excluding carboxylic acids is 1. The summed E-state index contributed by atoms with van der Waals surface area (Å²) in [5.41, 5.74) is 1.67. The molecule has 74 valence electrons. The largest absolute Gasteiger partial charge is 0.299 e. The highest BCUT2D eigenvalue weighted by molar-refractivity contribution is 6.28. The number of hydrogen-bond acceptors (Lipinski definition) is 3. The van der Waals surface area contributed by atoms with E-state index in [-0.39, 0.29) is 16.5 Å². The minimum atomic E-state index is -0.157. The van der Waals surface area contributed by atoms with Gasteiger partial charge in [0.15, 0.2) is 0 Å². The van der Waals surface area contributed by atoms with Gasteiger partial charge in [-0.15, -0.1) is 0 Å². The predicted octanol–water partition coefficient (Wildman–Crippen LogP) is 1.92. The second-order valence-electron chi connectivity index (χ2n) is 4.28. The van der Waals surface area contributed by atoms with Crippen molar-refractivity contribution in [2.75, 3.05) is 0 Å². The molecule has 0 unspecified atom stereocenters. The topological polar surface area (TPSA) is 42.9 Å². The number of nitrogens with zero attached hydrogens (tertiary/aromatic N) is 2. The maximum Gasteiger partial charge on any atom is 0.222 e. The van der Waals surface area contributed by atoms with E-state index in [0.717, 1.165) is 11.3 Å². The van der Waals surface area contributed by atoms with Crippen LogP contribution in [0.15, 0.2) is 6.20 Å². The molecule has 0 radical (unpaired) electrons. The minimum Gasteiger partial charge on any atom is -0.299 e. The fraction of sp³-hybridized carbons (Fsp3) is 0.500. The van der Waals surface area contributed by atoms with Crippen LogP contribution >= 0.6 is 11.6 Å². The van der Waals surface area contributed by atoms with E-state index in [1.54, 1.807) is 6.20 Å². The van der Waals surface area contributed by atoms with Gasteiger partial charge in [-0.05, 0) is 22.6 Å². The number of halogens is 1. The zero-order chi connectivity index (χ0) is 10.3. The number of aromatic nitrogens is 2. The summed E-state index contributed by atoms with van der Waals surface area (Å²) in [6.07, 6.45) is 2.68. The molecular weight excluding hydrogens is 200 g/mol. The van der Waals surface area contributed by atoms with Crippen LogP contribution in [0.4, 0.5) is 0 Å². The Morgan fingerprint density at radius 2 is 2.21 bits per heavy atom. The van der Waals surface area contributed by atoms with E-state index < -0.39 is 0 Å². The van der Waals surface area contributed by atoms with Crippen molar-refractivity contribution in [1.82, 2.24) is 9.97 Å². The van der Waals surface area contributed by atoms with Crippen molar-refractivity contribution in [3.05, 3.63) is 22.7 Å². The first-order valence-electron chi connectivity index (χ1n) is 4.53. The molecule has 0 saturated heterocycles. The number of fused-ring (bicyclic) bond motifs is 1. The van der Waals surface area contributed by atoms with E-state index in [1.807, 2.05) is 13.8 Å². The standard InChI is InChI=1S/C10H11ClN2O/c1-10(2)4-6(14)3-8-7(10)5-12-9(11)13-8/h5H,3-4H2,1-2H3. The zero-order valence-electron chi connectivity index (χ0n) is 8.17. The van der Waals surface area contributed by atoms with Crippen LogP contribution in [0.5, 0.6) is 0 Å². The first-order valence-corrected chi connectivity index (χ1v) is 4.90. The lowest BCUT2D eigenvalue weighted by Gasteiger charge is -2.30. The first-order chi connectivity index (χ1) is 6.49. The Balaban J connectivity index is 2.57. The van der Waals surface area contributed by atoms with Crippen molar-refractivity contribution in [3.63, 3.8) is 0 Å². The molecule has 0 fully saturated rings. The average Bonchev–Trinajstić information content (AvgIpc) is 2.00. The molecule has 1 aromatic rings. The summed E-state index contributed by atoms with van der Waals surface area (Å²) in [5.74, 6) is 0.220.